The van der Waals surface area contributed by atoms with Crippen molar-refractivity contribution >= 4 is 10.8 Å². The third-order valence-electron chi connectivity index (χ3n) is 3.19. The highest BCUT2D eigenvalue weighted by molar-refractivity contribution is 7.84. The van der Waals surface area contributed by atoms with Gasteiger partial charge in [-0.05, 0) is 26.3 Å². The Kier molecular flexibility index (Phi) is 5.79. The molecule has 0 spiro atoms. The molecule has 1 rings (SSSR count). The standard InChI is InChI=1S/C11H24N2OS/c1-4-11-5-7-13(8-6-12-11)10(2)9-15(3)14/h10-12H,4-9H2,1-3H3. The van der Waals surface area contributed by atoms with Crippen LogP contribution < -0.4 is 5.32 Å². The van der Waals surface area contributed by atoms with Crippen LogP contribution >= 0.6 is 0 Å². The van der Waals surface area contributed by atoms with Crippen molar-refractivity contribution in [3.05, 3.63) is 0 Å². The summed E-state index contributed by atoms with van der Waals surface area (Å²) in [5, 5.41) is 3.55. The lowest BCUT2D eigenvalue weighted by molar-refractivity contribution is 0.238. The first-order valence-electron chi connectivity index (χ1n) is 5.91. The van der Waals surface area contributed by atoms with E-state index in [9.17, 15) is 4.21 Å². The van der Waals surface area contributed by atoms with E-state index in [1.165, 1.54) is 12.8 Å². The zero-order valence-electron chi connectivity index (χ0n) is 10.2. The molecule has 0 bridgehead atoms. The Morgan fingerprint density at radius 2 is 2.27 bits per heavy atom. The average molecular weight is 232 g/mol. The van der Waals surface area contributed by atoms with E-state index in [0.717, 1.165) is 25.4 Å². The van der Waals surface area contributed by atoms with Crippen molar-refractivity contribution in [2.24, 2.45) is 0 Å². The fraction of sp³-hybridized carbons (Fsp3) is 1.00. The molecule has 4 heteroatoms. The minimum Gasteiger partial charge on any atom is -0.313 e. The van der Waals surface area contributed by atoms with Gasteiger partial charge in [-0.1, -0.05) is 6.92 Å². The highest BCUT2D eigenvalue weighted by Gasteiger charge is 2.19. The van der Waals surface area contributed by atoms with Gasteiger partial charge in [-0.15, -0.1) is 0 Å². The Bertz CT molecular complexity index is 211. The van der Waals surface area contributed by atoms with E-state index in [0.29, 0.717) is 12.1 Å². The summed E-state index contributed by atoms with van der Waals surface area (Å²) < 4.78 is 11.2. The van der Waals surface area contributed by atoms with Gasteiger partial charge in [-0.25, -0.2) is 0 Å². The minimum absolute atomic E-state index is 0.452. The summed E-state index contributed by atoms with van der Waals surface area (Å²) >= 11 is 0. The monoisotopic (exact) mass is 232 g/mol. The van der Waals surface area contributed by atoms with Gasteiger partial charge in [-0.3, -0.25) is 9.11 Å². The van der Waals surface area contributed by atoms with E-state index in [1.54, 1.807) is 6.26 Å². The molecule has 3 atom stereocenters. The summed E-state index contributed by atoms with van der Waals surface area (Å²) in [6, 6.07) is 1.13. The van der Waals surface area contributed by atoms with E-state index >= 15 is 0 Å². The third-order valence-corrected chi connectivity index (χ3v) is 4.14. The van der Waals surface area contributed by atoms with Crippen LogP contribution in [-0.4, -0.2) is 52.8 Å². The molecular formula is C11H24N2OS. The van der Waals surface area contributed by atoms with Crippen molar-refractivity contribution in [2.75, 3.05) is 31.6 Å². The van der Waals surface area contributed by atoms with Crippen molar-refractivity contribution in [3.8, 4) is 0 Å². The van der Waals surface area contributed by atoms with Gasteiger partial charge in [0.15, 0.2) is 0 Å². The lowest BCUT2D eigenvalue weighted by Crippen LogP contribution is -2.39. The van der Waals surface area contributed by atoms with Crippen molar-refractivity contribution in [3.63, 3.8) is 0 Å². The molecule has 1 heterocycles. The molecule has 90 valence electrons. The van der Waals surface area contributed by atoms with Crippen LogP contribution in [0.3, 0.4) is 0 Å². The second-order valence-electron chi connectivity index (χ2n) is 4.47. The van der Waals surface area contributed by atoms with Crippen LogP contribution in [0.25, 0.3) is 0 Å². The van der Waals surface area contributed by atoms with Crippen LogP contribution in [0.1, 0.15) is 26.7 Å². The van der Waals surface area contributed by atoms with Crippen molar-refractivity contribution in [1.82, 2.24) is 10.2 Å². The Hall–Kier alpha value is 0.0700. The molecule has 0 aromatic carbocycles. The quantitative estimate of drug-likeness (QED) is 0.779. The smallest absolute Gasteiger partial charge is 0.0385 e. The lowest BCUT2D eigenvalue weighted by atomic mass is 10.1. The van der Waals surface area contributed by atoms with Gasteiger partial charge >= 0.3 is 0 Å². The van der Waals surface area contributed by atoms with Gasteiger partial charge in [-0.2, -0.15) is 0 Å². The van der Waals surface area contributed by atoms with Crippen LogP contribution in [0.2, 0.25) is 0 Å². The maximum atomic E-state index is 11.2. The molecule has 15 heavy (non-hydrogen) atoms. The summed E-state index contributed by atoms with van der Waals surface area (Å²) in [5.74, 6) is 0.802. The van der Waals surface area contributed by atoms with E-state index < -0.39 is 10.8 Å². The Labute approximate surface area is 96.1 Å². The molecule has 1 fully saturated rings. The molecule has 1 aliphatic heterocycles. The molecule has 0 radical (unpaired) electrons. The fourth-order valence-corrected chi connectivity index (χ4v) is 3.07. The molecule has 1 aliphatic rings. The average Bonchev–Trinajstić information content (AvgIpc) is 2.41. The Morgan fingerprint density at radius 1 is 1.53 bits per heavy atom. The topological polar surface area (TPSA) is 32.3 Å². The Morgan fingerprint density at radius 3 is 2.87 bits per heavy atom. The minimum atomic E-state index is -0.676. The third kappa shape index (κ3) is 4.62. The van der Waals surface area contributed by atoms with Crippen LogP contribution in [-0.2, 0) is 10.8 Å². The highest BCUT2D eigenvalue weighted by Crippen LogP contribution is 2.08. The van der Waals surface area contributed by atoms with Gasteiger partial charge in [0.2, 0.25) is 0 Å². The fourth-order valence-electron chi connectivity index (χ4n) is 2.18. The molecule has 0 saturated carbocycles. The number of hydrogen-bond acceptors (Lipinski definition) is 3. The van der Waals surface area contributed by atoms with Gasteiger partial charge in [0.1, 0.15) is 0 Å². The van der Waals surface area contributed by atoms with Crippen LogP contribution in [0.5, 0.6) is 0 Å². The van der Waals surface area contributed by atoms with Crippen LogP contribution in [0, 0.1) is 0 Å². The van der Waals surface area contributed by atoms with E-state index in [4.69, 9.17) is 0 Å². The van der Waals surface area contributed by atoms with Gasteiger partial charge in [0.05, 0.1) is 0 Å². The number of rotatable bonds is 4. The SMILES string of the molecule is CCC1CCN(C(C)CS(C)=O)CCN1. The summed E-state index contributed by atoms with van der Waals surface area (Å²) in [6.07, 6.45) is 4.22. The molecule has 3 nitrogen and oxygen atoms in total. The van der Waals surface area contributed by atoms with Crippen LogP contribution in [0.15, 0.2) is 0 Å². The molecule has 1 N–H and O–H groups in total. The summed E-state index contributed by atoms with van der Waals surface area (Å²) in [6.45, 7) is 7.73. The van der Waals surface area contributed by atoms with E-state index in [1.807, 2.05) is 0 Å². The summed E-state index contributed by atoms with van der Waals surface area (Å²) in [5.41, 5.74) is 0. The Balaban J connectivity index is 2.39. The predicted octanol–water partition coefficient (Wildman–Crippen LogP) is 0.827. The summed E-state index contributed by atoms with van der Waals surface area (Å²) in [4.78, 5) is 2.46. The highest BCUT2D eigenvalue weighted by atomic mass is 32.2. The molecule has 0 amide bonds. The number of hydrogen-bond donors (Lipinski definition) is 1. The maximum absolute atomic E-state index is 11.2. The zero-order valence-corrected chi connectivity index (χ0v) is 11.0. The molecule has 3 unspecified atom stereocenters. The largest absolute Gasteiger partial charge is 0.313 e. The molecule has 0 aromatic heterocycles. The van der Waals surface area contributed by atoms with Gasteiger partial charge < -0.3 is 5.32 Å². The second kappa shape index (κ2) is 6.61. The van der Waals surface area contributed by atoms with Crippen molar-refractivity contribution in [1.29, 1.82) is 0 Å². The van der Waals surface area contributed by atoms with E-state index in [2.05, 4.69) is 24.1 Å². The molecular weight excluding hydrogens is 208 g/mol. The van der Waals surface area contributed by atoms with Gasteiger partial charge in [0.25, 0.3) is 0 Å². The first kappa shape index (κ1) is 13.1. The molecule has 1 saturated heterocycles. The first-order chi connectivity index (χ1) is 7.13. The summed E-state index contributed by atoms with van der Waals surface area (Å²) in [7, 11) is -0.676. The first-order valence-corrected chi connectivity index (χ1v) is 7.63. The number of nitrogens with zero attached hydrogens (tertiary/aromatic N) is 1. The van der Waals surface area contributed by atoms with Crippen molar-refractivity contribution in [2.45, 2.75) is 38.8 Å². The predicted molar refractivity (Wildman–Crippen MR) is 66.7 cm³/mol. The van der Waals surface area contributed by atoms with Crippen LogP contribution in [0.4, 0.5) is 0 Å². The molecule has 0 aromatic rings. The lowest BCUT2D eigenvalue weighted by Gasteiger charge is -2.26. The van der Waals surface area contributed by atoms with Crippen molar-refractivity contribution < 1.29 is 4.21 Å². The molecule has 0 aliphatic carbocycles. The second-order valence-corrected chi connectivity index (χ2v) is 5.95. The van der Waals surface area contributed by atoms with Gasteiger partial charge in [0, 0.05) is 48.0 Å². The van der Waals surface area contributed by atoms with E-state index in [-0.39, 0.29) is 0 Å². The number of nitrogens with one attached hydrogen (secondary N) is 1. The maximum Gasteiger partial charge on any atom is 0.0385 e. The zero-order chi connectivity index (χ0) is 11.3. The normalized spacial score (nSPS) is 28.3.